The minimum absolute atomic E-state index is 0.0865. The quantitative estimate of drug-likeness (QED) is 0.746. The van der Waals surface area contributed by atoms with Crippen molar-refractivity contribution in [2.75, 3.05) is 7.05 Å². The maximum Gasteiger partial charge on any atom is 0.351 e. The first-order chi connectivity index (χ1) is 11.2. The molecule has 1 aliphatic carbocycles. The summed E-state index contributed by atoms with van der Waals surface area (Å²) in [7, 11) is 2.07. The highest BCUT2D eigenvalue weighted by atomic mass is 16.2. The van der Waals surface area contributed by atoms with Crippen LogP contribution in [0.5, 0.6) is 0 Å². The molecule has 0 amide bonds. The number of nitrogens with zero attached hydrogens (tertiary/aromatic N) is 4. The van der Waals surface area contributed by atoms with Gasteiger partial charge in [-0.2, -0.15) is 4.68 Å². The molecule has 2 heterocycles. The second-order valence-corrected chi connectivity index (χ2v) is 6.22. The van der Waals surface area contributed by atoms with Crippen LogP contribution in [0.3, 0.4) is 0 Å². The Balaban J connectivity index is 1.64. The van der Waals surface area contributed by atoms with Crippen LogP contribution in [0.4, 0.5) is 0 Å². The van der Waals surface area contributed by atoms with Gasteiger partial charge < -0.3 is 0 Å². The number of pyridine rings is 1. The van der Waals surface area contributed by atoms with Crippen LogP contribution in [0.1, 0.15) is 30.0 Å². The van der Waals surface area contributed by atoms with Crippen LogP contribution >= 0.6 is 0 Å². The van der Waals surface area contributed by atoms with Crippen LogP contribution in [-0.4, -0.2) is 26.1 Å². The van der Waals surface area contributed by atoms with Crippen molar-refractivity contribution in [3.63, 3.8) is 0 Å². The van der Waals surface area contributed by atoms with Gasteiger partial charge in [0.05, 0.1) is 6.67 Å². The lowest BCUT2D eigenvalue weighted by atomic mass is 9.87. The van der Waals surface area contributed by atoms with Gasteiger partial charge in [-0.1, -0.05) is 30.3 Å². The van der Waals surface area contributed by atoms with Crippen LogP contribution < -0.4 is 5.69 Å². The molecule has 1 aromatic carbocycles. The number of rotatable bonds is 3. The predicted molar refractivity (Wildman–Crippen MR) is 89.3 cm³/mol. The van der Waals surface area contributed by atoms with Crippen molar-refractivity contribution in [1.29, 1.82) is 0 Å². The molecular formula is C18H20N4O. The van der Waals surface area contributed by atoms with Crippen molar-refractivity contribution in [2.45, 2.75) is 32.0 Å². The third kappa shape index (κ3) is 2.47. The number of fused-ring (bicyclic) bond motifs is 2. The monoisotopic (exact) mass is 308 g/mol. The van der Waals surface area contributed by atoms with E-state index >= 15 is 0 Å². The first-order valence-electron chi connectivity index (χ1n) is 8.06. The molecule has 3 aromatic rings. The van der Waals surface area contributed by atoms with Crippen LogP contribution in [0.25, 0.3) is 5.65 Å². The summed E-state index contributed by atoms with van der Waals surface area (Å²) >= 11 is 0. The topological polar surface area (TPSA) is 42.5 Å². The fourth-order valence-corrected chi connectivity index (χ4v) is 3.56. The lowest BCUT2D eigenvalue weighted by Gasteiger charge is -2.32. The summed E-state index contributed by atoms with van der Waals surface area (Å²) in [5, 5.41) is 4.43. The highest BCUT2D eigenvalue weighted by Crippen LogP contribution is 2.33. The molecule has 0 bridgehead atoms. The number of aryl methyl sites for hydroxylation is 1. The SMILES string of the molecule is CN(Cn1nc2ccccn2c1=O)[C@H]1CCCc2ccccc21. The normalized spacial score (nSPS) is 17.6. The van der Waals surface area contributed by atoms with E-state index in [0.29, 0.717) is 18.4 Å². The van der Waals surface area contributed by atoms with Crippen molar-refractivity contribution < 1.29 is 0 Å². The van der Waals surface area contributed by atoms with Crippen LogP contribution in [0.15, 0.2) is 53.5 Å². The molecule has 0 fully saturated rings. The van der Waals surface area contributed by atoms with Crippen LogP contribution in [0.2, 0.25) is 0 Å². The molecule has 0 N–H and O–H groups in total. The Morgan fingerprint density at radius 2 is 2.04 bits per heavy atom. The van der Waals surface area contributed by atoms with E-state index in [1.807, 2.05) is 18.2 Å². The highest BCUT2D eigenvalue weighted by Gasteiger charge is 2.24. The third-order valence-electron chi connectivity index (χ3n) is 4.72. The molecule has 5 nitrogen and oxygen atoms in total. The van der Waals surface area contributed by atoms with Gasteiger partial charge in [0.25, 0.3) is 0 Å². The lowest BCUT2D eigenvalue weighted by Crippen LogP contribution is -2.34. The zero-order valence-corrected chi connectivity index (χ0v) is 13.2. The van der Waals surface area contributed by atoms with Crippen molar-refractivity contribution in [3.05, 3.63) is 70.3 Å². The minimum Gasteiger partial charge on any atom is -0.280 e. The standard InChI is InChI=1S/C18H20N4O/c1-20(16-10-6-8-14-7-2-3-9-15(14)16)13-22-18(23)21-12-5-4-11-17(21)19-22/h2-5,7,9,11-12,16H,6,8,10,13H2,1H3/t16-/m0/s1. The summed E-state index contributed by atoms with van der Waals surface area (Å²) in [6.07, 6.45) is 5.22. The summed E-state index contributed by atoms with van der Waals surface area (Å²) in [4.78, 5) is 14.7. The fraction of sp³-hybridized carbons (Fsp3) is 0.333. The summed E-state index contributed by atoms with van der Waals surface area (Å²) in [6, 6.07) is 14.6. The largest absolute Gasteiger partial charge is 0.351 e. The zero-order chi connectivity index (χ0) is 15.8. The van der Waals surface area contributed by atoms with Gasteiger partial charge in [0.2, 0.25) is 0 Å². The number of hydrogen-bond donors (Lipinski definition) is 0. The minimum atomic E-state index is -0.0865. The Kier molecular flexibility index (Phi) is 3.50. The fourth-order valence-electron chi connectivity index (χ4n) is 3.56. The Morgan fingerprint density at radius 1 is 1.22 bits per heavy atom. The van der Waals surface area contributed by atoms with E-state index in [0.717, 1.165) is 12.8 Å². The Morgan fingerprint density at radius 3 is 2.91 bits per heavy atom. The molecule has 0 radical (unpaired) electrons. The molecule has 1 atom stereocenters. The smallest absolute Gasteiger partial charge is 0.280 e. The summed E-state index contributed by atoms with van der Waals surface area (Å²) in [5.74, 6) is 0. The van der Waals surface area contributed by atoms with Gasteiger partial charge in [0, 0.05) is 12.2 Å². The first kappa shape index (κ1) is 14.2. The van der Waals surface area contributed by atoms with E-state index in [1.54, 1.807) is 15.3 Å². The van der Waals surface area contributed by atoms with Crippen LogP contribution in [0, 0.1) is 0 Å². The van der Waals surface area contributed by atoms with E-state index in [2.05, 4.69) is 41.3 Å². The number of benzene rings is 1. The molecule has 0 aliphatic heterocycles. The molecule has 1 aliphatic rings. The zero-order valence-electron chi connectivity index (χ0n) is 13.2. The van der Waals surface area contributed by atoms with E-state index in [-0.39, 0.29) is 5.69 Å². The second-order valence-electron chi connectivity index (χ2n) is 6.22. The number of hydrogen-bond acceptors (Lipinski definition) is 3. The summed E-state index contributed by atoms with van der Waals surface area (Å²) in [6.45, 7) is 0.500. The maximum absolute atomic E-state index is 12.4. The molecule has 0 spiro atoms. The van der Waals surface area contributed by atoms with Gasteiger partial charge in [0.15, 0.2) is 5.65 Å². The molecule has 118 valence electrons. The van der Waals surface area contributed by atoms with E-state index in [1.165, 1.54) is 17.5 Å². The average molecular weight is 308 g/mol. The molecule has 0 saturated heterocycles. The first-order valence-corrected chi connectivity index (χ1v) is 8.06. The molecule has 23 heavy (non-hydrogen) atoms. The second kappa shape index (κ2) is 5.66. The van der Waals surface area contributed by atoms with E-state index in [4.69, 9.17) is 0 Å². The Hall–Kier alpha value is -2.40. The molecule has 5 heteroatoms. The molecule has 0 unspecified atom stereocenters. The molecule has 2 aromatic heterocycles. The van der Waals surface area contributed by atoms with Gasteiger partial charge in [-0.3, -0.25) is 9.30 Å². The van der Waals surface area contributed by atoms with E-state index < -0.39 is 0 Å². The average Bonchev–Trinajstić information content (AvgIpc) is 2.90. The maximum atomic E-state index is 12.4. The Bertz CT molecular complexity index is 895. The van der Waals surface area contributed by atoms with Crippen molar-refractivity contribution in [1.82, 2.24) is 19.1 Å². The number of aromatic nitrogens is 3. The summed E-state index contributed by atoms with van der Waals surface area (Å²) < 4.78 is 3.13. The molecular weight excluding hydrogens is 288 g/mol. The third-order valence-corrected chi connectivity index (χ3v) is 4.72. The van der Waals surface area contributed by atoms with E-state index in [9.17, 15) is 4.79 Å². The Labute approximate surface area is 134 Å². The van der Waals surface area contributed by atoms with Gasteiger partial charge >= 0.3 is 5.69 Å². The van der Waals surface area contributed by atoms with Gasteiger partial charge in [0.1, 0.15) is 0 Å². The van der Waals surface area contributed by atoms with Crippen LogP contribution in [-0.2, 0) is 13.1 Å². The van der Waals surface area contributed by atoms with Gasteiger partial charge in [-0.15, -0.1) is 5.10 Å². The highest BCUT2D eigenvalue weighted by molar-refractivity contribution is 5.35. The van der Waals surface area contributed by atoms with Crippen molar-refractivity contribution in [2.24, 2.45) is 0 Å². The molecule has 0 saturated carbocycles. The van der Waals surface area contributed by atoms with Crippen molar-refractivity contribution >= 4 is 5.65 Å². The van der Waals surface area contributed by atoms with Gasteiger partial charge in [-0.05, 0) is 49.6 Å². The van der Waals surface area contributed by atoms with Crippen molar-refractivity contribution in [3.8, 4) is 0 Å². The molecule has 4 rings (SSSR count). The summed E-state index contributed by atoms with van der Waals surface area (Å²) in [5.41, 5.74) is 3.42. The lowest BCUT2D eigenvalue weighted by molar-refractivity contribution is 0.164. The predicted octanol–water partition coefficient (Wildman–Crippen LogP) is 2.46. The van der Waals surface area contributed by atoms with Gasteiger partial charge in [-0.25, -0.2) is 4.79 Å².